The van der Waals surface area contributed by atoms with E-state index in [1.54, 1.807) is 0 Å². The molecule has 6 heteroatoms. The Balaban J connectivity index is 1.73. The van der Waals surface area contributed by atoms with Crippen LogP contribution in [0.15, 0.2) is 11.6 Å². The summed E-state index contributed by atoms with van der Waals surface area (Å²) < 4.78 is 0. The molecule has 0 bridgehead atoms. The van der Waals surface area contributed by atoms with Crippen LogP contribution in [0.1, 0.15) is 92.9 Å². The fraction of sp³-hybridized carbons (Fsp3) is 0.833. The fourth-order valence-electron chi connectivity index (χ4n) is 10.6. The second kappa shape index (κ2) is 7.68. The van der Waals surface area contributed by atoms with Gasteiger partial charge in [0.15, 0.2) is 0 Å². The Morgan fingerprint density at radius 3 is 2.19 bits per heavy atom. The van der Waals surface area contributed by atoms with Crippen molar-refractivity contribution in [1.29, 1.82) is 0 Å². The number of aliphatic hydroxyl groups is 1. The molecule has 5 aliphatic carbocycles. The van der Waals surface area contributed by atoms with Crippen molar-refractivity contribution in [2.45, 2.75) is 99.0 Å². The third-order valence-corrected chi connectivity index (χ3v) is 13.1. The first-order valence-corrected chi connectivity index (χ1v) is 14.0. The Hall–Kier alpha value is -1.69. The number of carboxylic acids is 2. The topological polar surface area (TPSA) is 112 Å². The first-order chi connectivity index (χ1) is 16.6. The average Bonchev–Trinajstić information content (AvgIpc) is 2.80. The quantitative estimate of drug-likeness (QED) is 0.442. The molecule has 5 aliphatic rings. The molecule has 200 valence electrons. The lowest BCUT2D eigenvalue weighted by atomic mass is 9.32. The number of aliphatic hydroxyl groups excluding tert-OH is 1. The van der Waals surface area contributed by atoms with Crippen LogP contribution >= 0.6 is 0 Å². The van der Waals surface area contributed by atoms with Crippen LogP contribution in [-0.2, 0) is 14.4 Å². The highest BCUT2D eigenvalue weighted by atomic mass is 16.4. The van der Waals surface area contributed by atoms with Gasteiger partial charge < -0.3 is 15.3 Å². The summed E-state index contributed by atoms with van der Waals surface area (Å²) >= 11 is 0. The van der Waals surface area contributed by atoms with Crippen LogP contribution in [0.2, 0.25) is 0 Å². The van der Waals surface area contributed by atoms with E-state index in [2.05, 4.69) is 40.7 Å². The van der Waals surface area contributed by atoms with E-state index < -0.39 is 39.7 Å². The molecule has 0 radical (unpaired) electrons. The van der Waals surface area contributed by atoms with Gasteiger partial charge in [0.2, 0.25) is 0 Å². The van der Waals surface area contributed by atoms with Crippen molar-refractivity contribution >= 4 is 17.7 Å². The van der Waals surface area contributed by atoms with Crippen molar-refractivity contribution < 1.29 is 29.7 Å². The summed E-state index contributed by atoms with van der Waals surface area (Å²) in [5.74, 6) is -2.01. The third kappa shape index (κ3) is 2.75. The highest BCUT2D eigenvalue weighted by molar-refractivity contribution is 5.96. The smallest absolute Gasteiger partial charge is 0.314 e. The van der Waals surface area contributed by atoms with Gasteiger partial charge in [-0.3, -0.25) is 14.4 Å². The Morgan fingerprint density at radius 1 is 0.917 bits per heavy atom. The number of allylic oxidation sites excluding steroid dienone is 1. The molecule has 36 heavy (non-hydrogen) atoms. The lowest BCUT2D eigenvalue weighted by molar-refractivity contribution is -0.213. The molecule has 0 aromatic heterocycles. The number of hydrogen-bond donors (Lipinski definition) is 3. The molecule has 0 aliphatic heterocycles. The van der Waals surface area contributed by atoms with E-state index >= 15 is 0 Å². The van der Waals surface area contributed by atoms with Gasteiger partial charge >= 0.3 is 11.9 Å². The molecule has 0 spiro atoms. The number of ketones is 1. The summed E-state index contributed by atoms with van der Waals surface area (Å²) in [5, 5.41) is 32.4. The van der Waals surface area contributed by atoms with E-state index in [1.807, 2.05) is 6.92 Å². The van der Waals surface area contributed by atoms with E-state index in [0.29, 0.717) is 31.6 Å². The SMILES string of the molecule is C[C@H]1[C@H](C)CC[C@]2(C(=O)O)CC[C@]3(C(=O)O)C(=CC[C@@H]4[C@@]5(C)CC[C@H](O)C(C)(C)[C@@H]5CC(=O)[C@]43C)[C@H]12. The van der Waals surface area contributed by atoms with Crippen molar-refractivity contribution in [3.8, 4) is 0 Å². The molecule has 10 atom stereocenters. The lowest BCUT2D eigenvalue weighted by Crippen LogP contribution is -2.70. The minimum absolute atomic E-state index is 0.00974. The van der Waals surface area contributed by atoms with Gasteiger partial charge in [0.1, 0.15) is 11.2 Å². The van der Waals surface area contributed by atoms with Crippen LogP contribution in [0.4, 0.5) is 0 Å². The first kappa shape index (κ1) is 25.9. The number of Topliss-reactive ketones (excluding diaryl/α,β-unsaturated/α-hetero) is 1. The second-order valence-electron chi connectivity index (χ2n) is 14.2. The predicted molar refractivity (Wildman–Crippen MR) is 135 cm³/mol. The number of rotatable bonds is 2. The Morgan fingerprint density at radius 2 is 1.58 bits per heavy atom. The highest BCUT2D eigenvalue weighted by Crippen LogP contribution is 2.75. The molecule has 0 aromatic carbocycles. The zero-order valence-corrected chi connectivity index (χ0v) is 22.8. The number of hydrogen-bond acceptors (Lipinski definition) is 4. The van der Waals surface area contributed by atoms with Crippen LogP contribution < -0.4 is 0 Å². The van der Waals surface area contributed by atoms with Gasteiger partial charge in [0.05, 0.1) is 11.5 Å². The molecule has 6 nitrogen and oxygen atoms in total. The van der Waals surface area contributed by atoms with Gasteiger partial charge in [-0.05, 0) is 85.4 Å². The molecule has 0 unspecified atom stereocenters. The van der Waals surface area contributed by atoms with E-state index in [-0.39, 0.29) is 47.7 Å². The van der Waals surface area contributed by atoms with Gasteiger partial charge in [0, 0.05) is 11.8 Å². The maximum atomic E-state index is 14.3. The van der Waals surface area contributed by atoms with E-state index in [0.717, 1.165) is 18.4 Å². The van der Waals surface area contributed by atoms with Crippen LogP contribution in [-0.4, -0.2) is 39.1 Å². The summed E-state index contributed by atoms with van der Waals surface area (Å²) in [6.45, 7) is 12.5. The average molecular weight is 501 g/mol. The first-order valence-electron chi connectivity index (χ1n) is 14.0. The van der Waals surface area contributed by atoms with Crippen LogP contribution in [0.5, 0.6) is 0 Å². The van der Waals surface area contributed by atoms with Crippen molar-refractivity contribution in [2.75, 3.05) is 0 Å². The Labute approximate surface area is 214 Å². The van der Waals surface area contributed by atoms with Crippen LogP contribution in [0.25, 0.3) is 0 Å². The van der Waals surface area contributed by atoms with Gasteiger partial charge in [0.25, 0.3) is 0 Å². The molecular weight excluding hydrogens is 456 g/mol. The van der Waals surface area contributed by atoms with Crippen molar-refractivity contribution in [3.63, 3.8) is 0 Å². The standard InChI is InChI=1S/C30H44O6/c1-16-9-12-29(24(33)34)13-14-30(25(35)36)18(23(29)17(16)2)7-8-19-27(5)11-10-21(31)26(3,4)20(27)15-22(32)28(19,30)6/h7,16-17,19-21,23,31H,8-15H2,1-6H3,(H,33,34)(H,35,36)/t16-,17+,19-,20+,21+,23+,27-,28+,29+,30-/m1/s1. The molecule has 5 rings (SSSR count). The number of fused-ring (bicyclic) bond motifs is 7. The number of carbonyl (C=O) groups is 3. The molecule has 4 fully saturated rings. The summed E-state index contributed by atoms with van der Waals surface area (Å²) in [4.78, 5) is 40.7. The minimum Gasteiger partial charge on any atom is -0.481 e. The van der Waals surface area contributed by atoms with Gasteiger partial charge in [-0.15, -0.1) is 0 Å². The second-order valence-corrected chi connectivity index (χ2v) is 14.2. The van der Waals surface area contributed by atoms with Gasteiger partial charge in [-0.1, -0.05) is 53.2 Å². The monoisotopic (exact) mass is 500 g/mol. The third-order valence-electron chi connectivity index (χ3n) is 13.1. The molecule has 4 saturated carbocycles. The molecule has 0 heterocycles. The molecule has 0 amide bonds. The molecule has 0 saturated heterocycles. The highest BCUT2D eigenvalue weighted by Gasteiger charge is 2.75. The number of carboxylic acid groups (broad SMARTS) is 2. The largest absolute Gasteiger partial charge is 0.481 e. The fourth-order valence-corrected chi connectivity index (χ4v) is 10.6. The number of carbonyl (C=O) groups excluding carboxylic acids is 1. The zero-order chi connectivity index (χ0) is 26.6. The van der Waals surface area contributed by atoms with Crippen molar-refractivity contribution in [3.05, 3.63) is 11.6 Å². The van der Waals surface area contributed by atoms with E-state index in [1.165, 1.54) is 0 Å². The van der Waals surface area contributed by atoms with Crippen LogP contribution in [0, 0.1) is 56.7 Å². The summed E-state index contributed by atoms with van der Waals surface area (Å²) in [7, 11) is 0. The van der Waals surface area contributed by atoms with E-state index in [9.17, 15) is 29.7 Å². The summed E-state index contributed by atoms with van der Waals surface area (Å²) in [6.07, 6.45) is 5.77. The Kier molecular flexibility index (Phi) is 5.53. The summed E-state index contributed by atoms with van der Waals surface area (Å²) in [6, 6.07) is 0. The van der Waals surface area contributed by atoms with Gasteiger partial charge in [-0.25, -0.2) is 0 Å². The minimum atomic E-state index is -1.38. The predicted octanol–water partition coefficient (Wildman–Crippen LogP) is 5.33. The zero-order valence-electron chi connectivity index (χ0n) is 22.8. The maximum Gasteiger partial charge on any atom is 0.314 e. The molecule has 3 N–H and O–H groups in total. The summed E-state index contributed by atoms with van der Waals surface area (Å²) in [5.41, 5.74) is -3.41. The normalized spacial score (nSPS) is 51.6. The Bertz CT molecular complexity index is 1040. The lowest BCUT2D eigenvalue weighted by Gasteiger charge is -2.69. The van der Waals surface area contributed by atoms with Crippen LogP contribution in [0.3, 0.4) is 0 Å². The maximum absolute atomic E-state index is 14.3. The van der Waals surface area contributed by atoms with Gasteiger partial charge in [-0.2, -0.15) is 0 Å². The number of aliphatic carboxylic acids is 2. The van der Waals surface area contributed by atoms with Crippen molar-refractivity contribution in [1.82, 2.24) is 0 Å². The van der Waals surface area contributed by atoms with Crippen molar-refractivity contribution in [2.24, 2.45) is 56.7 Å². The molecular formula is C30H44O6. The van der Waals surface area contributed by atoms with E-state index in [4.69, 9.17) is 0 Å². The molecule has 0 aromatic rings.